The van der Waals surface area contributed by atoms with E-state index in [4.69, 9.17) is 5.73 Å². The number of benzene rings is 1. The van der Waals surface area contributed by atoms with Gasteiger partial charge in [0.1, 0.15) is 11.2 Å². The molecule has 11 nitrogen and oxygen atoms in total. The summed E-state index contributed by atoms with van der Waals surface area (Å²) in [6.07, 6.45) is 5.09. The number of pyridine rings is 1. The van der Waals surface area contributed by atoms with E-state index in [2.05, 4.69) is 61.5 Å². The lowest BCUT2D eigenvalue weighted by Gasteiger charge is -2.22. The number of hydrogen-bond donors (Lipinski definition) is 3. The number of anilines is 4. The maximum absolute atomic E-state index is 12.3. The fraction of sp³-hybridized carbons (Fsp3) is 0.292. The summed E-state index contributed by atoms with van der Waals surface area (Å²) in [7, 11) is 9.79. The summed E-state index contributed by atoms with van der Waals surface area (Å²) in [5.41, 5.74) is 10.2. The van der Waals surface area contributed by atoms with E-state index in [0.717, 1.165) is 30.0 Å². The van der Waals surface area contributed by atoms with Gasteiger partial charge in [0.05, 0.1) is 23.6 Å². The number of amides is 1. The largest absolute Gasteiger partial charge is 0.373 e. The summed E-state index contributed by atoms with van der Waals surface area (Å²) in [6.45, 7) is 1.86. The number of nitrogens with two attached hydrogens (primary N) is 1. The van der Waals surface area contributed by atoms with Crippen LogP contribution in [-0.4, -0.2) is 76.6 Å². The first-order valence-corrected chi connectivity index (χ1v) is 11.2. The zero-order valence-corrected chi connectivity index (χ0v) is 20.6. The minimum absolute atomic E-state index is 0.0270. The molecule has 182 valence electrons. The Labute approximate surface area is 204 Å². The topological polar surface area (TPSA) is 130 Å². The van der Waals surface area contributed by atoms with Gasteiger partial charge in [-0.3, -0.25) is 9.78 Å². The van der Waals surface area contributed by atoms with Crippen molar-refractivity contribution >= 4 is 40.0 Å². The Kier molecular flexibility index (Phi) is 6.78. The lowest BCUT2D eigenvalue weighted by molar-refractivity contribution is 0.0996. The number of nitrogens with one attached hydrogen (secondary N) is 2. The van der Waals surface area contributed by atoms with E-state index in [1.807, 2.05) is 35.9 Å². The molecule has 0 saturated heterocycles. The molecule has 0 aliphatic rings. The van der Waals surface area contributed by atoms with Crippen molar-refractivity contribution in [1.29, 1.82) is 0 Å². The Hall–Kier alpha value is -4.25. The Morgan fingerprint density at radius 2 is 1.80 bits per heavy atom. The molecule has 3 heterocycles. The third-order valence-corrected chi connectivity index (χ3v) is 5.71. The van der Waals surface area contributed by atoms with Crippen LogP contribution in [0.2, 0.25) is 0 Å². The van der Waals surface area contributed by atoms with Crippen LogP contribution in [0.1, 0.15) is 10.5 Å². The molecule has 0 aliphatic carbocycles. The minimum atomic E-state index is -0.690. The van der Waals surface area contributed by atoms with Gasteiger partial charge in [-0.1, -0.05) is 0 Å². The van der Waals surface area contributed by atoms with Crippen molar-refractivity contribution in [3.8, 4) is 11.3 Å². The monoisotopic (exact) mass is 474 g/mol. The standard InChI is InChI=1S/C24H30N10O/c1-26-23-20(17-12-27-13-18-19(17)28-14-34(18)5)30-21(22(25)35)24(31-23)29-15-6-8-16(9-7-15)33(4)11-10-32(2)3/h6-9,12-14H,10-11H2,1-5H3,(H2,25,35)(H2,26,29,31). The van der Waals surface area contributed by atoms with Gasteiger partial charge in [0.15, 0.2) is 17.3 Å². The second kappa shape index (κ2) is 9.94. The van der Waals surface area contributed by atoms with Crippen molar-refractivity contribution in [2.75, 3.05) is 56.8 Å². The predicted molar refractivity (Wildman–Crippen MR) is 139 cm³/mol. The molecule has 11 heteroatoms. The van der Waals surface area contributed by atoms with Crippen LogP contribution in [0.15, 0.2) is 43.0 Å². The number of carbonyl (C=O) groups is 1. The number of imidazole rings is 1. The summed E-state index contributed by atoms with van der Waals surface area (Å²) >= 11 is 0. The highest BCUT2D eigenvalue weighted by atomic mass is 16.1. The number of likely N-dealkylation sites (N-methyl/N-ethyl adjacent to an activating group) is 2. The summed E-state index contributed by atoms with van der Waals surface area (Å²) < 4.78 is 1.87. The second-order valence-electron chi connectivity index (χ2n) is 8.54. The van der Waals surface area contributed by atoms with Gasteiger partial charge >= 0.3 is 0 Å². The maximum atomic E-state index is 12.3. The number of fused-ring (bicyclic) bond motifs is 1. The molecule has 3 aromatic heterocycles. The van der Waals surface area contributed by atoms with Crippen molar-refractivity contribution in [1.82, 2.24) is 29.4 Å². The number of nitrogens with zero attached hydrogens (tertiary/aromatic N) is 7. The van der Waals surface area contributed by atoms with Crippen molar-refractivity contribution in [3.63, 3.8) is 0 Å². The molecule has 4 aromatic rings. The molecule has 4 N–H and O–H groups in total. The molecule has 0 unspecified atom stereocenters. The predicted octanol–water partition coefficient (Wildman–Crippen LogP) is 2.31. The molecule has 0 radical (unpaired) electrons. The van der Waals surface area contributed by atoms with E-state index < -0.39 is 5.91 Å². The summed E-state index contributed by atoms with van der Waals surface area (Å²) in [5, 5.41) is 6.25. The molecular weight excluding hydrogens is 444 g/mol. The molecule has 0 fully saturated rings. The average Bonchev–Trinajstić information content (AvgIpc) is 3.23. The van der Waals surface area contributed by atoms with Gasteiger partial charge in [0, 0.05) is 51.8 Å². The number of rotatable bonds is 9. The van der Waals surface area contributed by atoms with E-state index in [1.165, 1.54) is 0 Å². The second-order valence-corrected chi connectivity index (χ2v) is 8.54. The van der Waals surface area contributed by atoms with Crippen LogP contribution in [-0.2, 0) is 7.05 Å². The highest BCUT2D eigenvalue weighted by molar-refractivity contribution is 5.99. The molecule has 0 bridgehead atoms. The molecule has 35 heavy (non-hydrogen) atoms. The molecule has 0 aliphatic heterocycles. The van der Waals surface area contributed by atoms with E-state index >= 15 is 0 Å². The van der Waals surface area contributed by atoms with Crippen LogP contribution in [0.4, 0.5) is 23.0 Å². The van der Waals surface area contributed by atoms with E-state index in [1.54, 1.807) is 25.8 Å². The smallest absolute Gasteiger partial charge is 0.271 e. The van der Waals surface area contributed by atoms with Crippen LogP contribution < -0.4 is 21.3 Å². The number of aromatic nitrogens is 5. The SMILES string of the molecule is CNc1nc(Nc2ccc(N(C)CCN(C)C)cc2)c(C(N)=O)nc1-c1cncc2c1ncn2C. The van der Waals surface area contributed by atoms with Gasteiger partial charge in [0.2, 0.25) is 0 Å². The van der Waals surface area contributed by atoms with Crippen molar-refractivity contribution in [3.05, 3.63) is 48.7 Å². The number of primary amides is 1. The van der Waals surface area contributed by atoms with Crippen LogP contribution in [0.5, 0.6) is 0 Å². The van der Waals surface area contributed by atoms with Gasteiger partial charge in [-0.25, -0.2) is 15.0 Å². The lowest BCUT2D eigenvalue weighted by Crippen LogP contribution is -2.28. The van der Waals surface area contributed by atoms with E-state index in [9.17, 15) is 4.79 Å². The zero-order valence-electron chi connectivity index (χ0n) is 20.6. The van der Waals surface area contributed by atoms with Crippen molar-refractivity contribution < 1.29 is 4.79 Å². The fourth-order valence-electron chi connectivity index (χ4n) is 3.69. The summed E-state index contributed by atoms with van der Waals surface area (Å²) in [6, 6.07) is 7.88. The van der Waals surface area contributed by atoms with Crippen molar-refractivity contribution in [2.45, 2.75) is 0 Å². The van der Waals surface area contributed by atoms with Gasteiger partial charge in [-0.2, -0.15) is 0 Å². The molecular formula is C24H30N10O. The third-order valence-electron chi connectivity index (χ3n) is 5.71. The fourth-order valence-corrected chi connectivity index (χ4v) is 3.69. The lowest BCUT2D eigenvalue weighted by atomic mass is 10.1. The number of carbonyl (C=O) groups excluding carboxylic acids is 1. The highest BCUT2D eigenvalue weighted by Crippen LogP contribution is 2.32. The Bertz CT molecular complexity index is 1350. The normalized spacial score (nSPS) is 11.1. The first-order valence-electron chi connectivity index (χ1n) is 11.2. The van der Waals surface area contributed by atoms with Crippen molar-refractivity contribution in [2.24, 2.45) is 12.8 Å². The van der Waals surface area contributed by atoms with E-state index in [-0.39, 0.29) is 11.5 Å². The van der Waals surface area contributed by atoms with Gasteiger partial charge in [-0.15, -0.1) is 0 Å². The Morgan fingerprint density at radius 1 is 1.06 bits per heavy atom. The van der Waals surface area contributed by atoms with Crippen LogP contribution in [0.3, 0.4) is 0 Å². The molecule has 0 saturated carbocycles. The minimum Gasteiger partial charge on any atom is -0.373 e. The van der Waals surface area contributed by atoms with Gasteiger partial charge in [-0.05, 0) is 38.4 Å². The molecule has 1 amide bonds. The Balaban J connectivity index is 1.68. The molecule has 0 atom stereocenters. The quantitative estimate of drug-likeness (QED) is 0.334. The van der Waals surface area contributed by atoms with Crippen LogP contribution in [0, 0.1) is 0 Å². The average molecular weight is 475 g/mol. The highest BCUT2D eigenvalue weighted by Gasteiger charge is 2.21. The summed E-state index contributed by atoms with van der Waals surface area (Å²) in [5.74, 6) is 0.0445. The molecule has 4 rings (SSSR count). The van der Waals surface area contributed by atoms with E-state index in [0.29, 0.717) is 22.6 Å². The Morgan fingerprint density at radius 3 is 2.46 bits per heavy atom. The third kappa shape index (κ3) is 4.99. The van der Waals surface area contributed by atoms with Crippen LogP contribution in [0.25, 0.3) is 22.3 Å². The first kappa shape index (κ1) is 23.9. The maximum Gasteiger partial charge on any atom is 0.271 e. The number of hydrogen-bond acceptors (Lipinski definition) is 9. The summed E-state index contributed by atoms with van der Waals surface area (Å²) in [4.78, 5) is 34.7. The van der Waals surface area contributed by atoms with Gasteiger partial charge < -0.3 is 30.7 Å². The first-order chi connectivity index (χ1) is 16.8. The number of aryl methyl sites for hydroxylation is 1. The zero-order chi connectivity index (χ0) is 25.1. The molecule has 1 aromatic carbocycles. The molecule has 0 spiro atoms. The van der Waals surface area contributed by atoms with Gasteiger partial charge in [0.25, 0.3) is 5.91 Å². The van der Waals surface area contributed by atoms with Crippen LogP contribution >= 0.6 is 0 Å².